The molecule has 22 heavy (non-hydrogen) atoms. The minimum atomic E-state index is -1.39. The van der Waals surface area contributed by atoms with Crippen molar-refractivity contribution in [3.8, 4) is 6.07 Å². The Labute approximate surface area is 134 Å². The van der Waals surface area contributed by atoms with Gasteiger partial charge >= 0.3 is 0 Å². The van der Waals surface area contributed by atoms with Crippen LogP contribution in [0.15, 0.2) is 48.5 Å². The van der Waals surface area contributed by atoms with Crippen LogP contribution in [0.3, 0.4) is 0 Å². The van der Waals surface area contributed by atoms with Gasteiger partial charge in [-0.15, -0.1) is 0 Å². The highest BCUT2D eigenvalue weighted by atomic mass is 35.5. The first kappa shape index (κ1) is 14.7. The van der Waals surface area contributed by atoms with Crippen LogP contribution in [0.2, 0.25) is 0 Å². The highest BCUT2D eigenvalue weighted by Gasteiger charge is 2.41. The predicted molar refractivity (Wildman–Crippen MR) is 87.8 cm³/mol. The fourth-order valence-electron chi connectivity index (χ4n) is 2.20. The molecule has 112 valence electrons. The molecule has 0 aliphatic carbocycles. The van der Waals surface area contributed by atoms with Crippen molar-refractivity contribution >= 4 is 23.0 Å². The number of alkyl halides is 1. The first-order valence-corrected chi connectivity index (χ1v) is 7.28. The Bertz CT molecular complexity index is 651. The Morgan fingerprint density at radius 1 is 0.864 bits per heavy atom. The van der Waals surface area contributed by atoms with Gasteiger partial charge in [0.25, 0.3) is 5.12 Å². The zero-order valence-electron chi connectivity index (χ0n) is 12.3. The van der Waals surface area contributed by atoms with Crippen LogP contribution >= 0.6 is 11.6 Å². The van der Waals surface area contributed by atoms with Crippen molar-refractivity contribution in [3.63, 3.8) is 0 Å². The summed E-state index contributed by atoms with van der Waals surface area (Å²) in [6.07, 6.45) is 0. The van der Waals surface area contributed by atoms with Crippen LogP contribution in [0.5, 0.6) is 0 Å². The van der Waals surface area contributed by atoms with Crippen molar-refractivity contribution in [2.24, 2.45) is 0 Å². The average molecular weight is 314 g/mol. The lowest BCUT2D eigenvalue weighted by molar-refractivity contribution is 0.591. The van der Waals surface area contributed by atoms with Crippen LogP contribution in [0, 0.1) is 25.2 Å². The first-order valence-electron chi connectivity index (χ1n) is 6.90. The maximum absolute atomic E-state index is 9.28. The second-order valence-electron chi connectivity index (χ2n) is 5.29. The summed E-state index contributed by atoms with van der Waals surface area (Å²) in [5.41, 5.74) is 10.0. The zero-order valence-corrected chi connectivity index (χ0v) is 13.1. The summed E-state index contributed by atoms with van der Waals surface area (Å²) in [5.74, 6) is 0. The van der Waals surface area contributed by atoms with E-state index in [-0.39, 0.29) is 0 Å². The highest BCUT2D eigenvalue weighted by Crippen LogP contribution is 2.28. The molecule has 0 aromatic heterocycles. The second kappa shape index (κ2) is 5.50. The molecule has 5 nitrogen and oxygen atoms in total. The van der Waals surface area contributed by atoms with Gasteiger partial charge < -0.3 is 0 Å². The number of nitrogens with zero attached hydrogens (tertiary/aromatic N) is 3. The molecule has 0 radical (unpaired) electrons. The lowest BCUT2D eigenvalue weighted by atomic mass is 10.2. The van der Waals surface area contributed by atoms with E-state index in [1.54, 1.807) is 10.2 Å². The lowest BCUT2D eigenvalue weighted by Crippen LogP contribution is -2.45. The predicted octanol–water partition coefficient (Wildman–Crippen LogP) is 2.97. The number of aryl methyl sites for hydroxylation is 2. The first-order chi connectivity index (χ1) is 10.5. The summed E-state index contributed by atoms with van der Waals surface area (Å²) >= 11 is 6.24. The van der Waals surface area contributed by atoms with Gasteiger partial charge in [0.05, 0.1) is 11.4 Å². The van der Waals surface area contributed by atoms with E-state index in [0.29, 0.717) is 0 Å². The fraction of sp³-hybridized carbons (Fsp3) is 0.188. The van der Waals surface area contributed by atoms with E-state index in [1.165, 1.54) is 0 Å². The molecule has 2 aromatic carbocycles. The minimum Gasteiger partial charge on any atom is -0.199 e. The quantitative estimate of drug-likeness (QED) is 0.659. The summed E-state index contributed by atoms with van der Waals surface area (Å²) in [7, 11) is 0. The Hall–Kier alpha value is -2.26. The Morgan fingerprint density at radius 3 is 1.55 bits per heavy atom. The normalized spacial score (nSPS) is 16.6. The Morgan fingerprint density at radius 2 is 1.23 bits per heavy atom. The molecule has 2 aromatic rings. The maximum Gasteiger partial charge on any atom is 0.272 e. The van der Waals surface area contributed by atoms with Crippen molar-refractivity contribution in [1.82, 2.24) is 10.9 Å². The van der Waals surface area contributed by atoms with Gasteiger partial charge in [-0.1, -0.05) is 47.0 Å². The number of benzene rings is 2. The van der Waals surface area contributed by atoms with Crippen molar-refractivity contribution in [2.75, 3.05) is 10.2 Å². The molecule has 2 N–H and O–H groups in total. The Kier molecular flexibility index (Phi) is 3.67. The number of hydrogen-bond donors (Lipinski definition) is 2. The van der Waals surface area contributed by atoms with Gasteiger partial charge in [-0.2, -0.15) is 26.3 Å². The molecular formula is C16H16ClN5. The third kappa shape index (κ3) is 2.72. The number of halogens is 1. The molecule has 1 heterocycles. The van der Waals surface area contributed by atoms with Crippen LogP contribution in [0.1, 0.15) is 11.1 Å². The van der Waals surface area contributed by atoms with Crippen LogP contribution in [-0.2, 0) is 0 Å². The van der Waals surface area contributed by atoms with E-state index in [1.807, 2.05) is 68.4 Å². The molecule has 0 atom stereocenters. The molecule has 3 rings (SSSR count). The summed E-state index contributed by atoms with van der Waals surface area (Å²) in [4.78, 5) is 0. The Balaban J connectivity index is 1.99. The number of nitrogens with one attached hydrogen (secondary N) is 2. The molecular weight excluding hydrogens is 298 g/mol. The highest BCUT2D eigenvalue weighted by molar-refractivity contribution is 6.25. The number of anilines is 2. The number of hydrogen-bond acceptors (Lipinski definition) is 5. The van der Waals surface area contributed by atoms with Crippen LogP contribution < -0.4 is 21.1 Å². The molecule has 0 unspecified atom stereocenters. The lowest BCUT2D eigenvalue weighted by Gasteiger charge is -2.28. The molecule has 1 saturated heterocycles. The van der Waals surface area contributed by atoms with Crippen LogP contribution in [0.25, 0.3) is 0 Å². The summed E-state index contributed by atoms with van der Waals surface area (Å²) in [6, 6.07) is 17.9. The van der Waals surface area contributed by atoms with Gasteiger partial charge in [-0.3, -0.25) is 0 Å². The van der Waals surface area contributed by atoms with Gasteiger partial charge in [-0.25, -0.2) is 0 Å². The van der Waals surface area contributed by atoms with E-state index in [4.69, 9.17) is 11.6 Å². The van der Waals surface area contributed by atoms with E-state index in [2.05, 4.69) is 10.9 Å². The third-order valence-electron chi connectivity index (χ3n) is 3.43. The molecule has 1 fully saturated rings. The van der Waals surface area contributed by atoms with Gasteiger partial charge in [0.2, 0.25) is 0 Å². The molecule has 1 aliphatic heterocycles. The summed E-state index contributed by atoms with van der Waals surface area (Å²) in [6.45, 7) is 4.05. The molecule has 0 spiro atoms. The number of rotatable bonds is 2. The molecule has 0 amide bonds. The van der Waals surface area contributed by atoms with Crippen molar-refractivity contribution in [3.05, 3.63) is 59.7 Å². The standard InChI is InChI=1S/C16H16ClN5/c1-12-3-7-14(8-4-12)21-19-16(17,11-18)20-22(21)15-9-5-13(2)6-10-15/h3-10,19-20H,1-2H3. The summed E-state index contributed by atoms with van der Waals surface area (Å²) in [5, 5.41) is 11.3. The molecule has 6 heteroatoms. The molecule has 1 aliphatic rings. The maximum atomic E-state index is 9.28. The average Bonchev–Trinajstić information content (AvgIpc) is 2.88. The SMILES string of the molecule is Cc1ccc(N2NC(Cl)(C#N)NN2c2ccc(C)cc2)cc1. The van der Waals surface area contributed by atoms with Gasteiger partial charge in [0.15, 0.2) is 0 Å². The molecule has 0 bridgehead atoms. The van der Waals surface area contributed by atoms with E-state index >= 15 is 0 Å². The number of nitriles is 1. The van der Waals surface area contributed by atoms with Gasteiger partial charge in [-0.05, 0) is 38.1 Å². The van der Waals surface area contributed by atoms with Gasteiger partial charge in [0.1, 0.15) is 6.07 Å². The fourth-order valence-corrected chi connectivity index (χ4v) is 2.36. The largest absolute Gasteiger partial charge is 0.272 e. The van der Waals surface area contributed by atoms with E-state index in [0.717, 1.165) is 22.5 Å². The zero-order chi connectivity index (χ0) is 15.7. The monoisotopic (exact) mass is 313 g/mol. The van der Waals surface area contributed by atoms with Crippen LogP contribution in [0.4, 0.5) is 11.4 Å². The minimum absolute atomic E-state index is 0.872. The van der Waals surface area contributed by atoms with Crippen molar-refractivity contribution in [1.29, 1.82) is 5.26 Å². The van der Waals surface area contributed by atoms with E-state index in [9.17, 15) is 5.26 Å². The third-order valence-corrected chi connectivity index (χ3v) is 3.68. The summed E-state index contributed by atoms with van der Waals surface area (Å²) < 4.78 is 0. The number of hydrazine groups is 3. The van der Waals surface area contributed by atoms with Gasteiger partial charge in [0, 0.05) is 0 Å². The van der Waals surface area contributed by atoms with Crippen molar-refractivity contribution in [2.45, 2.75) is 19.0 Å². The topological polar surface area (TPSA) is 54.3 Å². The van der Waals surface area contributed by atoms with Crippen molar-refractivity contribution < 1.29 is 0 Å². The van der Waals surface area contributed by atoms with E-state index < -0.39 is 5.12 Å². The smallest absolute Gasteiger partial charge is 0.199 e. The molecule has 0 saturated carbocycles. The second-order valence-corrected chi connectivity index (χ2v) is 5.86. The van der Waals surface area contributed by atoms with Crippen LogP contribution in [-0.4, -0.2) is 5.12 Å².